The third-order valence-electron chi connectivity index (χ3n) is 3.17. The molecule has 1 aromatic heterocycles. The van der Waals surface area contributed by atoms with Crippen LogP contribution in [0.2, 0.25) is 0 Å². The lowest BCUT2D eigenvalue weighted by Gasteiger charge is -2.23. The van der Waals surface area contributed by atoms with Gasteiger partial charge in [0.15, 0.2) is 0 Å². The highest BCUT2D eigenvalue weighted by Crippen LogP contribution is 2.16. The maximum absolute atomic E-state index is 13.4. The molecule has 0 spiro atoms. The minimum atomic E-state index is -0.488. The number of carbonyl (C=O) groups is 1. The van der Waals surface area contributed by atoms with E-state index in [1.807, 2.05) is 0 Å². The van der Waals surface area contributed by atoms with Gasteiger partial charge in [-0.1, -0.05) is 26.7 Å². The molecule has 0 aliphatic rings. The molecular weight excluding hydrogens is 257 g/mol. The van der Waals surface area contributed by atoms with E-state index in [1.165, 1.54) is 6.07 Å². The van der Waals surface area contributed by atoms with Gasteiger partial charge in [-0.05, 0) is 18.9 Å². The molecule has 0 saturated carbocycles. The van der Waals surface area contributed by atoms with Crippen molar-refractivity contribution in [3.05, 3.63) is 23.6 Å². The summed E-state index contributed by atoms with van der Waals surface area (Å²) in [5, 5.41) is 2.85. The van der Waals surface area contributed by atoms with Crippen LogP contribution in [0.15, 0.2) is 12.3 Å². The van der Waals surface area contributed by atoms with Crippen LogP contribution in [0.3, 0.4) is 0 Å². The van der Waals surface area contributed by atoms with Gasteiger partial charge in [-0.15, -0.1) is 0 Å². The highest BCUT2D eigenvalue weighted by atomic mass is 19.1. The number of rotatable bonds is 8. The minimum absolute atomic E-state index is 0.150. The van der Waals surface area contributed by atoms with Gasteiger partial charge in [-0.3, -0.25) is 4.79 Å². The Bertz CT molecular complexity index is 429. The van der Waals surface area contributed by atoms with Crippen LogP contribution in [0.25, 0.3) is 0 Å². The summed E-state index contributed by atoms with van der Waals surface area (Å²) in [7, 11) is 1.68. The summed E-state index contributed by atoms with van der Waals surface area (Å²) >= 11 is 0. The molecular formula is C15H24FN3O. The second kappa shape index (κ2) is 8.51. The van der Waals surface area contributed by atoms with Crippen LogP contribution in [-0.4, -0.2) is 35.9 Å². The van der Waals surface area contributed by atoms with E-state index in [9.17, 15) is 9.18 Å². The van der Waals surface area contributed by atoms with Gasteiger partial charge < -0.3 is 10.2 Å². The average molecular weight is 281 g/mol. The molecule has 1 N–H and O–H groups in total. The molecule has 0 saturated heterocycles. The van der Waals surface area contributed by atoms with Crippen molar-refractivity contribution < 1.29 is 9.18 Å². The zero-order valence-corrected chi connectivity index (χ0v) is 12.6. The zero-order chi connectivity index (χ0) is 15.0. The van der Waals surface area contributed by atoms with Gasteiger partial charge in [-0.2, -0.15) is 0 Å². The molecule has 20 heavy (non-hydrogen) atoms. The van der Waals surface area contributed by atoms with Crippen LogP contribution in [0, 0.1) is 5.82 Å². The summed E-state index contributed by atoms with van der Waals surface area (Å²) in [5.41, 5.74) is 0.305. The van der Waals surface area contributed by atoms with E-state index >= 15 is 0 Å². The first-order valence-corrected chi connectivity index (χ1v) is 7.26. The van der Waals surface area contributed by atoms with Gasteiger partial charge in [0.2, 0.25) is 0 Å². The number of aromatic nitrogens is 1. The largest absolute Gasteiger partial charge is 0.372 e. The molecule has 4 nitrogen and oxygen atoms in total. The summed E-state index contributed by atoms with van der Waals surface area (Å²) in [5.74, 6) is -0.212. The molecule has 1 amide bonds. The van der Waals surface area contributed by atoms with Crippen molar-refractivity contribution >= 4 is 11.7 Å². The molecule has 1 rings (SSSR count). The fraction of sp³-hybridized carbons (Fsp3) is 0.600. The smallest absolute Gasteiger partial charge is 0.257 e. The topological polar surface area (TPSA) is 45.2 Å². The molecule has 0 fully saturated rings. The molecule has 0 unspecified atom stereocenters. The number of anilines is 1. The molecule has 5 heteroatoms. The molecule has 112 valence electrons. The van der Waals surface area contributed by atoms with Crippen molar-refractivity contribution in [2.24, 2.45) is 0 Å². The Kier molecular flexibility index (Phi) is 6.98. The van der Waals surface area contributed by atoms with Crippen molar-refractivity contribution in [3.63, 3.8) is 0 Å². The van der Waals surface area contributed by atoms with E-state index in [0.29, 0.717) is 24.5 Å². The Labute approximate surface area is 120 Å². The third kappa shape index (κ3) is 4.47. The Morgan fingerprint density at radius 3 is 2.40 bits per heavy atom. The van der Waals surface area contributed by atoms with Crippen molar-refractivity contribution in [1.82, 2.24) is 9.88 Å². The average Bonchev–Trinajstić information content (AvgIpc) is 2.46. The number of unbranched alkanes of at least 4 members (excludes halogenated alkanes) is 2. The van der Waals surface area contributed by atoms with Crippen LogP contribution >= 0.6 is 0 Å². The van der Waals surface area contributed by atoms with Crippen LogP contribution in [-0.2, 0) is 0 Å². The lowest BCUT2D eigenvalue weighted by molar-refractivity contribution is 0.0751. The number of nitrogens with one attached hydrogen (secondary N) is 1. The molecule has 0 bridgehead atoms. The fourth-order valence-corrected chi connectivity index (χ4v) is 1.98. The van der Waals surface area contributed by atoms with Crippen LogP contribution in [0.5, 0.6) is 0 Å². The Morgan fingerprint density at radius 1 is 1.30 bits per heavy atom. The zero-order valence-electron chi connectivity index (χ0n) is 12.6. The lowest BCUT2D eigenvalue weighted by Crippen LogP contribution is -2.33. The standard InChI is InChI=1S/C15H24FN3O/c1-4-6-8-19(9-7-5-2)15(20)13-10-12(16)11-18-14(13)17-3/h10-11H,4-9H2,1-3H3,(H,17,18). The lowest BCUT2D eigenvalue weighted by atomic mass is 10.2. The Balaban J connectivity index is 2.94. The predicted molar refractivity (Wildman–Crippen MR) is 79.5 cm³/mol. The van der Waals surface area contributed by atoms with E-state index in [1.54, 1.807) is 11.9 Å². The normalized spacial score (nSPS) is 10.4. The fourth-order valence-electron chi connectivity index (χ4n) is 1.98. The van der Waals surface area contributed by atoms with Gasteiger partial charge in [-0.25, -0.2) is 9.37 Å². The first kappa shape index (κ1) is 16.4. The third-order valence-corrected chi connectivity index (χ3v) is 3.17. The van der Waals surface area contributed by atoms with Crippen molar-refractivity contribution in [3.8, 4) is 0 Å². The number of hydrogen-bond acceptors (Lipinski definition) is 3. The number of carbonyl (C=O) groups excluding carboxylic acids is 1. The van der Waals surface area contributed by atoms with Crippen molar-refractivity contribution in [2.45, 2.75) is 39.5 Å². The van der Waals surface area contributed by atoms with Crippen molar-refractivity contribution in [1.29, 1.82) is 0 Å². The van der Waals surface area contributed by atoms with E-state index in [0.717, 1.165) is 31.9 Å². The van der Waals surface area contributed by atoms with E-state index < -0.39 is 5.82 Å². The first-order valence-electron chi connectivity index (χ1n) is 7.26. The number of hydrogen-bond donors (Lipinski definition) is 1. The van der Waals surface area contributed by atoms with E-state index in [4.69, 9.17) is 0 Å². The van der Waals surface area contributed by atoms with E-state index in [-0.39, 0.29) is 5.91 Å². The summed E-state index contributed by atoms with van der Waals surface area (Å²) in [4.78, 5) is 18.3. The molecule has 0 aromatic carbocycles. The molecule has 0 atom stereocenters. The molecule has 0 radical (unpaired) electrons. The Morgan fingerprint density at radius 2 is 1.90 bits per heavy atom. The quantitative estimate of drug-likeness (QED) is 0.795. The number of pyridine rings is 1. The number of amides is 1. The summed E-state index contributed by atoms with van der Waals surface area (Å²) in [6.45, 7) is 5.58. The monoisotopic (exact) mass is 281 g/mol. The highest BCUT2D eigenvalue weighted by Gasteiger charge is 2.19. The number of nitrogens with zero attached hydrogens (tertiary/aromatic N) is 2. The highest BCUT2D eigenvalue weighted by molar-refractivity contribution is 5.98. The van der Waals surface area contributed by atoms with Crippen LogP contribution in [0.1, 0.15) is 49.9 Å². The Hall–Kier alpha value is -1.65. The SMILES string of the molecule is CCCCN(CCCC)C(=O)c1cc(F)cnc1NC. The summed E-state index contributed by atoms with van der Waals surface area (Å²) < 4.78 is 13.4. The van der Waals surface area contributed by atoms with Gasteiger partial charge in [0.25, 0.3) is 5.91 Å². The van der Waals surface area contributed by atoms with Gasteiger partial charge in [0.1, 0.15) is 11.6 Å². The summed E-state index contributed by atoms with van der Waals surface area (Å²) in [6.07, 6.45) is 5.07. The second-order valence-corrected chi connectivity index (χ2v) is 4.80. The molecule has 1 aromatic rings. The maximum Gasteiger partial charge on any atom is 0.257 e. The predicted octanol–water partition coefficient (Wildman–Crippen LogP) is 3.30. The van der Waals surface area contributed by atoms with Crippen LogP contribution < -0.4 is 5.32 Å². The van der Waals surface area contributed by atoms with Crippen molar-refractivity contribution in [2.75, 3.05) is 25.5 Å². The number of halogens is 1. The first-order chi connectivity index (χ1) is 9.63. The van der Waals surface area contributed by atoms with Gasteiger partial charge in [0, 0.05) is 20.1 Å². The second-order valence-electron chi connectivity index (χ2n) is 4.80. The molecule has 0 aliphatic carbocycles. The minimum Gasteiger partial charge on any atom is -0.372 e. The molecule has 1 heterocycles. The summed E-state index contributed by atoms with van der Waals surface area (Å²) in [6, 6.07) is 1.26. The van der Waals surface area contributed by atoms with Crippen LogP contribution in [0.4, 0.5) is 10.2 Å². The molecule has 0 aliphatic heterocycles. The van der Waals surface area contributed by atoms with Gasteiger partial charge >= 0.3 is 0 Å². The van der Waals surface area contributed by atoms with E-state index in [2.05, 4.69) is 24.1 Å². The maximum atomic E-state index is 13.4. The van der Waals surface area contributed by atoms with Gasteiger partial charge in [0.05, 0.1) is 11.8 Å².